The van der Waals surface area contributed by atoms with Gasteiger partial charge in [0.2, 0.25) is 9.84 Å². The molecule has 0 atom stereocenters. The molecule has 0 bridgehead atoms. The zero-order valence-electron chi connectivity index (χ0n) is 32.5. The van der Waals surface area contributed by atoms with E-state index in [1.54, 1.807) is 80.0 Å². The first-order chi connectivity index (χ1) is 25.3. The Balaban J connectivity index is 2.53. The van der Waals surface area contributed by atoms with Crippen LogP contribution in [-0.2, 0) is 24.2 Å². The van der Waals surface area contributed by atoms with Crippen LogP contribution in [-0.4, -0.2) is 61.3 Å². The number of nitrogens with two attached hydrogens (primary N) is 1. The standard InChI is InChI=1S/C40H55N5O7S/c1-9-13-15-20-25-51-35-28(5)32(43(6)31(22-11-3)30(27-41)38(42)46)36(52-26-21-16-14-10-2)34-33(35)44(7)39(45(34)8)37(40(47)50-12-4)53(48,49)29-23-18-17-19-24-29/h11,17-19,22-24H,9-10,12-16,20-21,25-26H2,1-8H3,(H2,42,46)/b22-11-,31-30+,39-37+. The Labute approximate surface area is 315 Å². The van der Waals surface area contributed by atoms with Crippen molar-refractivity contribution in [3.8, 4) is 17.6 Å². The third-order valence-corrected chi connectivity index (χ3v) is 10.8. The number of carbonyl (C=O) groups excluding carboxylic acids is 2. The predicted octanol–water partition coefficient (Wildman–Crippen LogP) is 7.28. The average molecular weight is 750 g/mol. The number of allylic oxidation sites excluding steroid dienone is 2. The first-order valence-corrected chi connectivity index (χ1v) is 19.8. The number of carbonyl (C=O) groups is 2. The Morgan fingerprint density at radius 3 is 1.94 bits per heavy atom. The number of anilines is 3. The molecule has 13 heteroatoms. The highest BCUT2D eigenvalue weighted by Crippen LogP contribution is 2.59. The Hall–Kier alpha value is -4.96. The molecule has 1 aliphatic heterocycles. The van der Waals surface area contributed by atoms with Gasteiger partial charge in [-0.05, 0) is 51.8 Å². The number of benzene rings is 2. The molecule has 53 heavy (non-hydrogen) atoms. The molecular formula is C40H55N5O7S. The van der Waals surface area contributed by atoms with Crippen LogP contribution < -0.4 is 29.9 Å². The molecular weight excluding hydrogens is 695 g/mol. The van der Waals surface area contributed by atoms with E-state index in [0.29, 0.717) is 47.3 Å². The fourth-order valence-electron chi connectivity index (χ4n) is 6.38. The van der Waals surface area contributed by atoms with E-state index < -0.39 is 26.6 Å². The van der Waals surface area contributed by atoms with E-state index in [-0.39, 0.29) is 28.6 Å². The molecule has 0 fully saturated rings. The largest absolute Gasteiger partial charge is 0.491 e. The molecule has 288 valence electrons. The Morgan fingerprint density at radius 2 is 1.45 bits per heavy atom. The van der Waals surface area contributed by atoms with Gasteiger partial charge >= 0.3 is 5.97 Å². The van der Waals surface area contributed by atoms with Crippen molar-refractivity contribution in [1.29, 1.82) is 5.26 Å². The van der Waals surface area contributed by atoms with E-state index in [1.165, 1.54) is 12.1 Å². The summed E-state index contributed by atoms with van der Waals surface area (Å²) in [4.78, 5) is 30.7. The van der Waals surface area contributed by atoms with Crippen LogP contribution in [0.4, 0.5) is 17.1 Å². The first-order valence-electron chi connectivity index (χ1n) is 18.3. The van der Waals surface area contributed by atoms with Crippen molar-refractivity contribution < 1.29 is 32.2 Å². The van der Waals surface area contributed by atoms with Crippen LogP contribution in [0.1, 0.15) is 84.6 Å². The van der Waals surface area contributed by atoms with Gasteiger partial charge in [-0.25, -0.2) is 13.2 Å². The predicted molar refractivity (Wildman–Crippen MR) is 210 cm³/mol. The van der Waals surface area contributed by atoms with E-state index in [4.69, 9.17) is 19.9 Å². The number of likely N-dealkylation sites (N-methyl/N-ethyl adjacent to an activating group) is 1. The number of sulfone groups is 1. The van der Waals surface area contributed by atoms with E-state index in [1.807, 2.05) is 13.0 Å². The highest BCUT2D eigenvalue weighted by molar-refractivity contribution is 7.96. The summed E-state index contributed by atoms with van der Waals surface area (Å²) >= 11 is 0. The minimum Gasteiger partial charge on any atom is -0.491 e. The molecule has 0 aliphatic carbocycles. The summed E-state index contributed by atoms with van der Waals surface area (Å²) < 4.78 is 47.5. The minimum absolute atomic E-state index is 0.0479. The van der Waals surface area contributed by atoms with Crippen molar-refractivity contribution in [2.24, 2.45) is 5.73 Å². The fraction of sp³-hybridized carbons (Fsp3) is 0.475. The van der Waals surface area contributed by atoms with Gasteiger partial charge in [-0.2, -0.15) is 5.26 Å². The first kappa shape index (κ1) is 42.5. The van der Waals surface area contributed by atoms with Crippen molar-refractivity contribution in [2.75, 3.05) is 55.7 Å². The number of hydrogen-bond acceptors (Lipinski definition) is 11. The maximum atomic E-state index is 14.4. The molecule has 12 nitrogen and oxygen atoms in total. The van der Waals surface area contributed by atoms with E-state index >= 15 is 0 Å². The van der Waals surface area contributed by atoms with Gasteiger partial charge in [0.15, 0.2) is 10.7 Å². The third-order valence-electron chi connectivity index (χ3n) is 8.98. The van der Waals surface area contributed by atoms with Gasteiger partial charge in [-0.15, -0.1) is 0 Å². The number of esters is 1. The van der Waals surface area contributed by atoms with Crippen LogP contribution in [0.25, 0.3) is 0 Å². The third kappa shape index (κ3) is 9.35. The number of nitriles is 1. The van der Waals surface area contributed by atoms with Gasteiger partial charge in [0.05, 0.1) is 36.1 Å². The lowest BCUT2D eigenvalue weighted by atomic mass is 10.0. The normalized spacial score (nSPS) is 14.1. The van der Waals surface area contributed by atoms with Crippen LogP contribution in [0.2, 0.25) is 0 Å². The maximum Gasteiger partial charge on any atom is 0.353 e. The highest BCUT2D eigenvalue weighted by atomic mass is 32.2. The van der Waals surface area contributed by atoms with Crippen molar-refractivity contribution in [1.82, 2.24) is 0 Å². The summed E-state index contributed by atoms with van der Waals surface area (Å²) in [7, 11) is 0.628. The SMILES string of the molecule is C/C=C\C(=C(\C#N)C(N)=O)N(C)c1c(C)c(OCCCCCC)c2c(c1OCCCCCC)N(C)/C(=C(\C(=O)OCC)S(=O)(=O)c1ccccc1)N2C. The second kappa shape index (κ2) is 19.8. The lowest BCUT2D eigenvalue weighted by Gasteiger charge is -2.30. The van der Waals surface area contributed by atoms with E-state index in [2.05, 4.69) is 13.8 Å². The molecule has 0 saturated heterocycles. The number of fused-ring (bicyclic) bond motifs is 1. The van der Waals surface area contributed by atoms with Crippen LogP contribution in [0.15, 0.2) is 69.4 Å². The average Bonchev–Trinajstić information content (AvgIpc) is 3.37. The number of unbranched alkanes of at least 4 members (excludes halogenated alkanes) is 6. The van der Waals surface area contributed by atoms with Gasteiger partial charge < -0.3 is 34.6 Å². The molecule has 1 heterocycles. The zero-order valence-corrected chi connectivity index (χ0v) is 33.3. The van der Waals surface area contributed by atoms with Crippen molar-refractivity contribution in [3.63, 3.8) is 0 Å². The van der Waals surface area contributed by atoms with Crippen molar-refractivity contribution in [2.45, 2.75) is 90.9 Å². The number of primary amides is 1. The topological polar surface area (TPSA) is 156 Å². The summed E-state index contributed by atoms with van der Waals surface area (Å²) in [6.45, 7) is 10.1. The van der Waals surface area contributed by atoms with Gasteiger partial charge in [-0.1, -0.05) is 76.6 Å². The summed E-state index contributed by atoms with van der Waals surface area (Å²) in [5.41, 5.74) is 7.70. The molecule has 0 radical (unpaired) electrons. The number of nitrogens with zero attached hydrogens (tertiary/aromatic N) is 4. The molecule has 0 saturated carbocycles. The molecule has 3 rings (SSSR count). The van der Waals surface area contributed by atoms with Crippen molar-refractivity contribution in [3.05, 3.63) is 70.0 Å². The highest BCUT2D eigenvalue weighted by Gasteiger charge is 2.44. The minimum atomic E-state index is -4.43. The molecule has 2 N–H and O–H groups in total. The van der Waals surface area contributed by atoms with E-state index in [9.17, 15) is 23.3 Å². The maximum absolute atomic E-state index is 14.4. The lowest BCUT2D eigenvalue weighted by Crippen LogP contribution is -2.31. The fourth-order valence-corrected chi connectivity index (χ4v) is 7.93. The Kier molecular flexibility index (Phi) is 15.8. The number of hydrogen-bond donors (Lipinski definition) is 1. The molecule has 0 aromatic heterocycles. The number of amides is 1. The van der Waals surface area contributed by atoms with Crippen LogP contribution in [0, 0.1) is 18.3 Å². The number of ether oxygens (including phenoxy) is 3. The van der Waals surface area contributed by atoms with Gasteiger partial charge in [0, 0.05) is 26.7 Å². The zero-order chi connectivity index (χ0) is 39.3. The Bertz CT molecular complexity index is 1860. The Morgan fingerprint density at radius 1 is 0.906 bits per heavy atom. The molecule has 1 aliphatic rings. The lowest BCUT2D eigenvalue weighted by molar-refractivity contribution is -0.137. The molecule has 0 spiro atoms. The molecule has 2 aromatic rings. The van der Waals surface area contributed by atoms with Gasteiger partial charge in [-0.3, -0.25) is 4.79 Å². The molecule has 2 aromatic carbocycles. The number of rotatable bonds is 20. The van der Waals surface area contributed by atoms with Crippen molar-refractivity contribution >= 4 is 38.8 Å². The molecule has 0 unspecified atom stereocenters. The van der Waals surface area contributed by atoms with Gasteiger partial charge in [0.25, 0.3) is 5.91 Å². The van der Waals surface area contributed by atoms with Crippen LogP contribution >= 0.6 is 0 Å². The van der Waals surface area contributed by atoms with Gasteiger partial charge in [0.1, 0.15) is 34.6 Å². The quantitative estimate of drug-likeness (QED) is 0.0477. The summed E-state index contributed by atoms with van der Waals surface area (Å²) in [5.74, 6) is -1.07. The smallest absolute Gasteiger partial charge is 0.353 e. The summed E-state index contributed by atoms with van der Waals surface area (Å²) in [6.07, 6.45) is 10.8. The second-order valence-corrected chi connectivity index (χ2v) is 14.6. The molecule has 1 amide bonds. The summed E-state index contributed by atoms with van der Waals surface area (Å²) in [6, 6.07) is 9.70. The van der Waals surface area contributed by atoms with E-state index in [0.717, 1.165) is 51.4 Å². The summed E-state index contributed by atoms with van der Waals surface area (Å²) in [5, 5.41) is 10.0. The van der Waals surface area contributed by atoms with Crippen LogP contribution in [0.5, 0.6) is 11.5 Å². The van der Waals surface area contributed by atoms with Crippen LogP contribution in [0.3, 0.4) is 0 Å². The monoisotopic (exact) mass is 749 g/mol. The second-order valence-electron chi connectivity index (χ2n) is 12.8.